The smallest absolute Gasteiger partial charge is 0.306 e. The average Bonchev–Trinajstić information content (AvgIpc) is 3.56. The molecule has 0 bridgehead atoms. The van der Waals surface area contributed by atoms with Crippen LogP contribution in [0.2, 0.25) is 0 Å². The van der Waals surface area contributed by atoms with E-state index in [4.69, 9.17) is 9.47 Å². The average molecular weight is 1130 g/mol. The predicted octanol–water partition coefficient (Wildman–Crippen LogP) is 19.3. The number of carbonyl (C=O) groups is 3. The third-order valence-electron chi connectivity index (χ3n) is 16.5. The van der Waals surface area contributed by atoms with Gasteiger partial charge in [-0.2, -0.15) is 0 Å². The zero-order chi connectivity index (χ0) is 58.9. The molecule has 0 aliphatic carbocycles. The van der Waals surface area contributed by atoms with Crippen LogP contribution in [0.1, 0.15) is 343 Å². The summed E-state index contributed by atoms with van der Waals surface area (Å²) in [7, 11) is 1.67. The van der Waals surface area contributed by atoms with Crippen LogP contribution in [-0.2, 0) is 23.9 Å². The fraction of sp³-hybridized carbons (Fsp3) is 0.899. The van der Waals surface area contributed by atoms with Gasteiger partial charge in [-0.15, -0.1) is 0 Å². The summed E-state index contributed by atoms with van der Waals surface area (Å²) in [6.45, 7) is 17.4. The van der Waals surface area contributed by atoms with E-state index in [2.05, 4.69) is 57.1 Å². The van der Waals surface area contributed by atoms with Crippen LogP contribution in [0.25, 0.3) is 0 Å². The lowest BCUT2D eigenvalue weighted by molar-refractivity contribution is -0.150. The molecular weight excluding hydrogens is 999 g/mol. The molecule has 1 aromatic carbocycles. The number of esters is 2. The highest BCUT2D eigenvalue weighted by Crippen LogP contribution is 2.23. The maximum absolute atomic E-state index is 12.8. The molecule has 0 aromatic heterocycles. The van der Waals surface area contributed by atoms with Gasteiger partial charge in [-0.05, 0) is 103 Å². The summed E-state index contributed by atoms with van der Waals surface area (Å²) >= 11 is 0. The first-order chi connectivity index (χ1) is 39.0. The van der Waals surface area contributed by atoms with E-state index in [9.17, 15) is 29.1 Å². The van der Waals surface area contributed by atoms with Crippen molar-refractivity contribution in [2.45, 2.75) is 349 Å². The van der Waals surface area contributed by atoms with Crippen molar-refractivity contribution in [3.05, 3.63) is 20.4 Å². The topological polar surface area (TPSA) is 151 Å². The van der Waals surface area contributed by atoms with Crippen molar-refractivity contribution in [3.8, 4) is 0 Å². The van der Waals surface area contributed by atoms with E-state index in [1.54, 1.807) is 7.05 Å². The second kappa shape index (κ2) is 57.8. The normalized spacial score (nSPS) is 11.9. The van der Waals surface area contributed by atoms with Crippen LogP contribution in [0, 0.1) is 11.8 Å². The highest BCUT2D eigenvalue weighted by atomic mass is 16.5. The van der Waals surface area contributed by atoms with Crippen molar-refractivity contribution < 1.29 is 29.0 Å². The molecule has 0 heterocycles. The number of carboxylic acids is 1. The lowest BCUT2D eigenvalue weighted by Crippen LogP contribution is -2.37. The Morgan fingerprint density at radius 2 is 0.800 bits per heavy atom. The Labute approximate surface area is 493 Å². The second-order valence-corrected chi connectivity index (χ2v) is 24.0. The molecule has 11 nitrogen and oxygen atoms in total. The molecule has 0 saturated heterocycles. The standard InChI is InChI=1S/C51H95N3O6.C18H36O2/c1-6-10-13-16-20-26-34-44(35-27-21-17-14-11-7-2)43-59-46(55)37-30-25-32-41-54(42-33-39-53-49-48(52-5)50(57)51(49)58)40-31-24-19-23-29-38-47(56)60-45(9-4)36-28-22-18-15-12-8-3;1-3-5-7-9-11-13-15-17(18(19)20)16-14-12-10-8-6-4-2/h44-45,52-53H,6-43H2,1-5H3;17H,3-16H2,1-2H3,(H,19,20). The summed E-state index contributed by atoms with van der Waals surface area (Å²) in [5.41, 5.74) is -0.0956. The van der Waals surface area contributed by atoms with Gasteiger partial charge in [0.25, 0.3) is 10.9 Å². The van der Waals surface area contributed by atoms with Gasteiger partial charge in [-0.3, -0.25) is 24.0 Å². The van der Waals surface area contributed by atoms with Gasteiger partial charge in [-0.25, -0.2) is 0 Å². The first kappa shape index (κ1) is 77.0. The van der Waals surface area contributed by atoms with Crippen LogP contribution < -0.4 is 21.5 Å². The van der Waals surface area contributed by atoms with Gasteiger partial charge in [0, 0.05) is 26.4 Å². The lowest BCUT2D eigenvalue weighted by Gasteiger charge is -2.23. The zero-order valence-corrected chi connectivity index (χ0v) is 53.8. The Kier molecular flexibility index (Phi) is 55.7. The van der Waals surface area contributed by atoms with Crippen LogP contribution >= 0.6 is 0 Å². The molecule has 0 saturated carbocycles. The Morgan fingerprint density at radius 3 is 1.24 bits per heavy atom. The van der Waals surface area contributed by atoms with E-state index in [0.717, 1.165) is 122 Å². The van der Waals surface area contributed by atoms with Gasteiger partial charge in [0.05, 0.1) is 12.5 Å². The third kappa shape index (κ3) is 45.6. The summed E-state index contributed by atoms with van der Waals surface area (Å²) in [6.07, 6.45) is 54.2. The molecule has 0 fully saturated rings. The minimum absolute atomic E-state index is 0.0392. The molecule has 1 unspecified atom stereocenters. The summed E-state index contributed by atoms with van der Waals surface area (Å²) in [4.78, 5) is 62.8. The highest BCUT2D eigenvalue weighted by molar-refractivity contribution is 5.73. The molecule has 80 heavy (non-hydrogen) atoms. The fourth-order valence-electron chi connectivity index (χ4n) is 11.1. The van der Waals surface area contributed by atoms with E-state index in [1.165, 1.54) is 186 Å². The van der Waals surface area contributed by atoms with Crippen molar-refractivity contribution in [2.24, 2.45) is 11.8 Å². The van der Waals surface area contributed by atoms with E-state index in [1.807, 2.05) is 0 Å². The quantitative estimate of drug-likeness (QED) is 0.0325. The van der Waals surface area contributed by atoms with Crippen molar-refractivity contribution in [2.75, 3.05) is 50.5 Å². The minimum atomic E-state index is -0.577. The molecule has 0 amide bonds. The lowest BCUT2D eigenvalue weighted by atomic mass is 9.94. The highest BCUT2D eigenvalue weighted by Gasteiger charge is 2.20. The number of rotatable bonds is 60. The Balaban J connectivity index is 0.00000262. The predicted molar refractivity (Wildman–Crippen MR) is 342 cm³/mol. The molecular formula is C69H131N3O8. The Bertz CT molecular complexity index is 1580. The van der Waals surface area contributed by atoms with Gasteiger partial charge in [0.15, 0.2) is 0 Å². The summed E-state index contributed by atoms with van der Waals surface area (Å²) < 4.78 is 11.7. The van der Waals surface area contributed by atoms with Crippen LogP contribution in [-0.4, -0.2) is 73.9 Å². The van der Waals surface area contributed by atoms with Crippen LogP contribution in [0.5, 0.6) is 0 Å². The third-order valence-corrected chi connectivity index (χ3v) is 16.5. The number of aliphatic carboxylic acids is 1. The number of ether oxygens (including phenoxy) is 2. The molecule has 470 valence electrons. The molecule has 0 aliphatic rings. The molecule has 1 rings (SSSR count). The summed E-state index contributed by atoms with van der Waals surface area (Å²) in [5.74, 6) is -0.255. The molecule has 11 heteroatoms. The van der Waals surface area contributed by atoms with Crippen LogP contribution in [0.15, 0.2) is 9.59 Å². The monoisotopic (exact) mass is 1130 g/mol. The molecule has 1 aromatic rings. The maximum Gasteiger partial charge on any atom is 0.306 e. The molecule has 1 atom stereocenters. The van der Waals surface area contributed by atoms with Crippen molar-refractivity contribution in [3.63, 3.8) is 0 Å². The zero-order valence-electron chi connectivity index (χ0n) is 53.8. The van der Waals surface area contributed by atoms with E-state index in [0.29, 0.717) is 43.3 Å². The van der Waals surface area contributed by atoms with Crippen molar-refractivity contribution >= 4 is 29.3 Å². The van der Waals surface area contributed by atoms with Gasteiger partial charge < -0.3 is 30.1 Å². The van der Waals surface area contributed by atoms with E-state index in [-0.39, 0.29) is 24.0 Å². The van der Waals surface area contributed by atoms with Gasteiger partial charge >= 0.3 is 17.9 Å². The number of carbonyl (C=O) groups excluding carboxylic acids is 2. The van der Waals surface area contributed by atoms with Crippen molar-refractivity contribution in [1.82, 2.24) is 4.90 Å². The van der Waals surface area contributed by atoms with Gasteiger partial charge in [0.1, 0.15) is 17.5 Å². The number of carboxylic acid groups (broad SMARTS) is 1. The van der Waals surface area contributed by atoms with Crippen LogP contribution in [0.4, 0.5) is 11.4 Å². The molecule has 3 N–H and O–H groups in total. The number of hydrogen-bond acceptors (Lipinski definition) is 10. The van der Waals surface area contributed by atoms with Gasteiger partial charge in [0.2, 0.25) is 0 Å². The number of nitrogens with one attached hydrogen (secondary N) is 2. The maximum atomic E-state index is 12.8. The summed E-state index contributed by atoms with van der Waals surface area (Å²) in [5, 5.41) is 15.3. The second-order valence-electron chi connectivity index (χ2n) is 24.0. The van der Waals surface area contributed by atoms with Crippen molar-refractivity contribution in [1.29, 1.82) is 0 Å². The number of hydrogen-bond donors (Lipinski definition) is 3. The molecule has 0 aliphatic heterocycles. The largest absolute Gasteiger partial charge is 0.481 e. The number of anilines is 2. The molecule has 0 radical (unpaired) electrons. The summed E-state index contributed by atoms with van der Waals surface area (Å²) in [6, 6.07) is 0. The van der Waals surface area contributed by atoms with E-state index < -0.39 is 16.8 Å². The fourth-order valence-corrected chi connectivity index (χ4v) is 11.1. The minimum Gasteiger partial charge on any atom is -0.481 e. The first-order valence-electron chi connectivity index (χ1n) is 34.6. The first-order valence-corrected chi connectivity index (χ1v) is 34.6. The SMILES string of the molecule is CCCCCCCCC(CCCCCCCC)C(=O)O.CCCCCCCCC(CCCCCCCC)COC(=O)CCCCCN(CCCCCCCC(=O)OC(CC)CCCCCCCC)CCCNc1c(NC)c(=O)c1=O. The number of unbranched alkanes of at least 4 members (excludes halogenated alkanes) is 31. The van der Waals surface area contributed by atoms with E-state index >= 15 is 0 Å². The van der Waals surface area contributed by atoms with Gasteiger partial charge in [-0.1, -0.05) is 253 Å². The number of nitrogens with zero attached hydrogens (tertiary/aromatic N) is 1. The van der Waals surface area contributed by atoms with Crippen LogP contribution in [0.3, 0.4) is 0 Å². The Morgan fingerprint density at radius 1 is 0.438 bits per heavy atom. The molecule has 0 spiro atoms. The Hall–Kier alpha value is -2.95.